The van der Waals surface area contributed by atoms with Gasteiger partial charge in [-0.25, -0.2) is 4.79 Å². The highest BCUT2D eigenvalue weighted by Crippen LogP contribution is 2.32. The van der Waals surface area contributed by atoms with Crippen LogP contribution in [0.3, 0.4) is 0 Å². The highest BCUT2D eigenvalue weighted by Gasteiger charge is 2.35. The van der Waals surface area contributed by atoms with Crippen molar-refractivity contribution in [2.45, 2.75) is 12.7 Å². The Bertz CT molecular complexity index is 778. The lowest BCUT2D eigenvalue weighted by Crippen LogP contribution is -2.28. The molecule has 2 rings (SSSR count). The van der Waals surface area contributed by atoms with Crippen molar-refractivity contribution in [3.63, 3.8) is 0 Å². The van der Waals surface area contributed by atoms with E-state index in [0.29, 0.717) is 5.02 Å². The maximum Gasteiger partial charge on any atom is 0.417 e. The molecule has 2 aromatic rings. The molecule has 1 amide bonds. The molecule has 0 aliphatic carbocycles. The van der Waals surface area contributed by atoms with E-state index < -0.39 is 35.8 Å². The van der Waals surface area contributed by atoms with Gasteiger partial charge in [-0.05, 0) is 29.8 Å². The van der Waals surface area contributed by atoms with Crippen LogP contribution < -0.4 is 5.32 Å². The number of carbonyl (C=O) groups is 2. The van der Waals surface area contributed by atoms with Gasteiger partial charge in [0, 0.05) is 11.6 Å². The maximum absolute atomic E-state index is 12.9. The molecule has 0 aromatic heterocycles. The average Bonchev–Trinajstić information content (AvgIpc) is 2.57. The topological polar surface area (TPSA) is 55.4 Å². The van der Waals surface area contributed by atoms with Crippen molar-refractivity contribution in [2.75, 3.05) is 6.61 Å². The lowest BCUT2D eigenvalue weighted by Gasteiger charge is -2.12. The zero-order valence-electron chi connectivity index (χ0n) is 12.8. The van der Waals surface area contributed by atoms with Crippen LogP contribution in [-0.4, -0.2) is 18.5 Å². The summed E-state index contributed by atoms with van der Waals surface area (Å²) in [5.74, 6) is -1.86. The van der Waals surface area contributed by atoms with Gasteiger partial charge in [0.15, 0.2) is 6.61 Å². The molecule has 132 valence electrons. The maximum atomic E-state index is 12.9. The van der Waals surface area contributed by atoms with E-state index in [2.05, 4.69) is 10.1 Å². The Morgan fingerprint density at radius 2 is 1.80 bits per heavy atom. The number of esters is 1. The molecule has 0 unspecified atom stereocenters. The average molecular weight is 372 g/mol. The zero-order chi connectivity index (χ0) is 18.4. The number of amides is 1. The minimum Gasteiger partial charge on any atom is -0.452 e. The van der Waals surface area contributed by atoms with Crippen LogP contribution in [0.25, 0.3) is 0 Å². The van der Waals surface area contributed by atoms with Gasteiger partial charge in [-0.1, -0.05) is 35.9 Å². The number of carbonyl (C=O) groups excluding carboxylic acids is 2. The quantitative estimate of drug-likeness (QED) is 0.813. The van der Waals surface area contributed by atoms with Crippen LogP contribution in [-0.2, 0) is 22.3 Å². The minimum atomic E-state index is -4.69. The lowest BCUT2D eigenvalue weighted by molar-refractivity contribution is -0.138. The standard InChI is InChI=1S/C17H13ClF3NO3/c18-12-5-3-4-11(8-12)9-22-15(23)10-25-16(24)13-6-1-2-7-14(13)17(19,20)21/h1-8H,9-10H2,(H,22,23). The molecule has 1 N–H and O–H groups in total. The van der Waals surface area contributed by atoms with Gasteiger partial charge in [0.05, 0.1) is 11.1 Å². The van der Waals surface area contributed by atoms with Crippen molar-refractivity contribution in [3.05, 3.63) is 70.2 Å². The predicted octanol–water partition coefficient (Wildman–Crippen LogP) is 3.83. The third kappa shape index (κ3) is 5.49. The molecule has 0 fully saturated rings. The van der Waals surface area contributed by atoms with E-state index in [1.165, 1.54) is 6.07 Å². The van der Waals surface area contributed by atoms with E-state index in [1.807, 2.05) is 0 Å². The van der Waals surface area contributed by atoms with Crippen LogP contribution in [0.15, 0.2) is 48.5 Å². The molecule has 25 heavy (non-hydrogen) atoms. The molecule has 8 heteroatoms. The summed E-state index contributed by atoms with van der Waals surface area (Å²) >= 11 is 5.81. The number of hydrogen-bond acceptors (Lipinski definition) is 3. The second-order valence-electron chi connectivity index (χ2n) is 5.03. The fourth-order valence-corrected chi connectivity index (χ4v) is 2.23. The number of halogens is 4. The van der Waals surface area contributed by atoms with Gasteiger partial charge < -0.3 is 10.1 Å². The highest BCUT2D eigenvalue weighted by atomic mass is 35.5. The summed E-state index contributed by atoms with van der Waals surface area (Å²) < 4.78 is 43.2. The predicted molar refractivity (Wildman–Crippen MR) is 85.0 cm³/mol. The summed E-state index contributed by atoms with van der Waals surface area (Å²) in [5, 5.41) is 2.98. The second-order valence-corrected chi connectivity index (χ2v) is 5.46. The lowest BCUT2D eigenvalue weighted by atomic mass is 10.1. The molecule has 0 aliphatic rings. The Kier molecular flexibility index (Phi) is 6.03. The van der Waals surface area contributed by atoms with E-state index in [-0.39, 0.29) is 6.54 Å². The van der Waals surface area contributed by atoms with Crippen molar-refractivity contribution >= 4 is 23.5 Å². The van der Waals surface area contributed by atoms with Gasteiger partial charge in [0.2, 0.25) is 0 Å². The Balaban J connectivity index is 1.91. The molecule has 0 saturated carbocycles. The van der Waals surface area contributed by atoms with Crippen LogP contribution in [0, 0.1) is 0 Å². The third-order valence-electron chi connectivity index (χ3n) is 3.17. The van der Waals surface area contributed by atoms with Gasteiger partial charge in [-0.2, -0.15) is 13.2 Å². The third-order valence-corrected chi connectivity index (χ3v) is 3.40. The fraction of sp³-hybridized carbons (Fsp3) is 0.176. The molecule has 0 bridgehead atoms. The van der Waals surface area contributed by atoms with Crippen LogP contribution in [0.1, 0.15) is 21.5 Å². The van der Waals surface area contributed by atoms with Crippen molar-refractivity contribution in [2.24, 2.45) is 0 Å². The molecule has 4 nitrogen and oxygen atoms in total. The van der Waals surface area contributed by atoms with E-state index in [4.69, 9.17) is 11.6 Å². The summed E-state index contributed by atoms with van der Waals surface area (Å²) in [6.07, 6.45) is -4.69. The van der Waals surface area contributed by atoms with E-state index in [0.717, 1.165) is 23.8 Å². The highest BCUT2D eigenvalue weighted by molar-refractivity contribution is 6.30. The summed E-state index contributed by atoms with van der Waals surface area (Å²) in [4.78, 5) is 23.5. The van der Waals surface area contributed by atoms with Crippen molar-refractivity contribution in [1.82, 2.24) is 5.32 Å². The molecule has 0 atom stereocenters. The van der Waals surface area contributed by atoms with Gasteiger partial charge in [0.1, 0.15) is 0 Å². The van der Waals surface area contributed by atoms with Crippen molar-refractivity contribution in [1.29, 1.82) is 0 Å². The Hall–Kier alpha value is -2.54. The van der Waals surface area contributed by atoms with Gasteiger partial charge in [0.25, 0.3) is 5.91 Å². The number of alkyl halides is 3. The molecular weight excluding hydrogens is 359 g/mol. The SMILES string of the molecule is O=C(COC(=O)c1ccccc1C(F)(F)F)NCc1cccc(Cl)c1. The van der Waals surface area contributed by atoms with Crippen LogP contribution >= 0.6 is 11.6 Å². The largest absolute Gasteiger partial charge is 0.452 e. The van der Waals surface area contributed by atoms with E-state index in [1.54, 1.807) is 24.3 Å². The minimum absolute atomic E-state index is 0.149. The van der Waals surface area contributed by atoms with E-state index >= 15 is 0 Å². The Morgan fingerprint density at radius 3 is 2.48 bits per heavy atom. The molecule has 0 heterocycles. The molecule has 0 saturated heterocycles. The number of benzene rings is 2. The van der Waals surface area contributed by atoms with Crippen LogP contribution in [0.2, 0.25) is 5.02 Å². The molecule has 2 aromatic carbocycles. The monoisotopic (exact) mass is 371 g/mol. The molecule has 0 radical (unpaired) electrons. The summed E-state index contributed by atoms with van der Waals surface area (Å²) in [7, 11) is 0. The summed E-state index contributed by atoms with van der Waals surface area (Å²) in [6, 6.07) is 11.0. The summed E-state index contributed by atoms with van der Waals surface area (Å²) in [5.41, 5.74) is -1.02. The Labute approximate surface area is 146 Å². The first-order valence-electron chi connectivity index (χ1n) is 7.12. The molecular formula is C17H13ClF3NO3. The van der Waals surface area contributed by atoms with Crippen LogP contribution in [0.5, 0.6) is 0 Å². The normalized spacial score (nSPS) is 11.0. The first-order valence-corrected chi connectivity index (χ1v) is 7.49. The number of rotatable bonds is 5. The number of nitrogens with one attached hydrogen (secondary N) is 1. The molecule has 0 spiro atoms. The summed E-state index contributed by atoms with van der Waals surface area (Å²) in [6.45, 7) is -0.540. The first kappa shape index (κ1) is 18.8. The zero-order valence-corrected chi connectivity index (χ0v) is 13.5. The van der Waals surface area contributed by atoms with Crippen molar-refractivity contribution in [3.8, 4) is 0 Å². The number of hydrogen-bond donors (Lipinski definition) is 1. The molecule has 0 aliphatic heterocycles. The van der Waals surface area contributed by atoms with Gasteiger partial charge in [-0.15, -0.1) is 0 Å². The smallest absolute Gasteiger partial charge is 0.417 e. The Morgan fingerprint density at radius 1 is 1.08 bits per heavy atom. The van der Waals surface area contributed by atoms with Gasteiger partial charge in [-0.3, -0.25) is 4.79 Å². The van der Waals surface area contributed by atoms with Gasteiger partial charge >= 0.3 is 12.1 Å². The fourth-order valence-electron chi connectivity index (χ4n) is 2.02. The van der Waals surface area contributed by atoms with E-state index in [9.17, 15) is 22.8 Å². The van der Waals surface area contributed by atoms with Crippen molar-refractivity contribution < 1.29 is 27.5 Å². The number of ether oxygens (including phenoxy) is 1. The second kappa shape index (κ2) is 8.02. The van der Waals surface area contributed by atoms with Crippen LogP contribution in [0.4, 0.5) is 13.2 Å². The first-order chi connectivity index (χ1) is 11.8.